The maximum Gasteiger partial charge on any atom is 0.226 e. The van der Waals surface area contributed by atoms with Crippen molar-refractivity contribution in [2.24, 2.45) is 5.11 Å². The van der Waals surface area contributed by atoms with Crippen LogP contribution in [0.4, 0.5) is 0 Å². The summed E-state index contributed by atoms with van der Waals surface area (Å²) in [5, 5.41) is 5.79. The van der Waals surface area contributed by atoms with Gasteiger partial charge in [-0.3, -0.25) is 4.79 Å². The smallest absolute Gasteiger partial charge is 0.226 e. The molecule has 16 heavy (non-hydrogen) atoms. The number of carbonyl (C=O) groups is 1. The van der Waals surface area contributed by atoms with Crippen LogP contribution in [-0.4, -0.2) is 19.6 Å². The predicted octanol–water partition coefficient (Wildman–Crippen LogP) is 1.62. The number of carbonyl (C=O) groups excluding carboxylic acids is 1. The number of hydrogen-bond acceptors (Lipinski definition) is 3. The highest BCUT2D eigenvalue weighted by molar-refractivity contribution is 5.78. The topological polar surface area (TPSA) is 87.1 Å². The highest BCUT2D eigenvalue weighted by Gasteiger charge is 2.03. The molecule has 0 fully saturated rings. The van der Waals surface area contributed by atoms with Crippen LogP contribution >= 0.6 is 0 Å². The summed E-state index contributed by atoms with van der Waals surface area (Å²) in [4.78, 5) is 13.7. The van der Waals surface area contributed by atoms with E-state index in [2.05, 4.69) is 15.3 Å². The molecule has 0 radical (unpaired) electrons. The summed E-state index contributed by atoms with van der Waals surface area (Å²) >= 11 is 0. The molecule has 0 aliphatic heterocycles. The number of hydrogen-bond donors (Lipinski definition) is 1. The van der Waals surface area contributed by atoms with Crippen LogP contribution in [0.25, 0.3) is 10.4 Å². The fraction of sp³-hybridized carbons (Fsp3) is 0.300. The minimum Gasteiger partial charge on any atom is -0.496 e. The molecule has 84 valence electrons. The summed E-state index contributed by atoms with van der Waals surface area (Å²) in [6.07, 6.45) is 0. The Hall–Kier alpha value is -2.20. The fourth-order valence-corrected chi connectivity index (χ4v) is 1.19. The van der Waals surface area contributed by atoms with Gasteiger partial charge in [0, 0.05) is 17.0 Å². The normalized spacial score (nSPS) is 9.06. The molecule has 0 unspecified atom stereocenters. The molecule has 0 atom stereocenters. The molecular formula is C10H12N4O2. The highest BCUT2D eigenvalue weighted by Crippen LogP contribution is 2.16. The number of para-hydroxylation sites is 1. The molecule has 0 aliphatic rings. The molecule has 1 N–H and O–H groups in total. The zero-order valence-electron chi connectivity index (χ0n) is 8.88. The molecule has 0 saturated heterocycles. The molecule has 6 nitrogen and oxygen atoms in total. The first-order chi connectivity index (χ1) is 7.77. The minimum atomic E-state index is -0.316. The minimum absolute atomic E-state index is 0.189. The lowest BCUT2D eigenvalue weighted by Crippen LogP contribution is -2.25. The summed E-state index contributed by atoms with van der Waals surface area (Å²) < 4.78 is 5.13. The summed E-state index contributed by atoms with van der Waals surface area (Å²) in [6, 6.07) is 7.38. The molecule has 0 aromatic heterocycles. The third kappa shape index (κ3) is 3.51. The first-order valence-corrected chi connectivity index (χ1v) is 4.67. The number of ether oxygens (including phenoxy) is 1. The van der Waals surface area contributed by atoms with Gasteiger partial charge in [-0.05, 0) is 11.6 Å². The van der Waals surface area contributed by atoms with E-state index in [0.29, 0.717) is 12.3 Å². The average molecular weight is 220 g/mol. The zero-order valence-corrected chi connectivity index (χ0v) is 8.88. The number of benzene rings is 1. The zero-order chi connectivity index (χ0) is 11.8. The number of nitrogens with zero attached hydrogens (tertiary/aromatic N) is 3. The molecular weight excluding hydrogens is 208 g/mol. The van der Waals surface area contributed by atoms with Crippen LogP contribution in [-0.2, 0) is 11.3 Å². The second-order valence-electron chi connectivity index (χ2n) is 2.98. The Morgan fingerprint density at radius 1 is 1.56 bits per heavy atom. The van der Waals surface area contributed by atoms with Crippen molar-refractivity contribution in [3.63, 3.8) is 0 Å². The van der Waals surface area contributed by atoms with Crippen LogP contribution < -0.4 is 10.1 Å². The maximum atomic E-state index is 11.2. The second kappa shape index (κ2) is 6.31. The van der Waals surface area contributed by atoms with Gasteiger partial charge in [0.15, 0.2) is 0 Å². The van der Waals surface area contributed by atoms with E-state index in [1.54, 1.807) is 7.11 Å². The summed E-state index contributed by atoms with van der Waals surface area (Å²) in [5.74, 6) is 0.398. The van der Waals surface area contributed by atoms with Crippen LogP contribution in [0, 0.1) is 0 Å². The number of amides is 1. The fourth-order valence-electron chi connectivity index (χ4n) is 1.19. The average Bonchev–Trinajstić information content (AvgIpc) is 2.34. The summed E-state index contributed by atoms with van der Waals surface area (Å²) in [6.45, 7) is 0.162. The largest absolute Gasteiger partial charge is 0.496 e. The quantitative estimate of drug-likeness (QED) is 0.464. The standard InChI is InChI=1S/C10H12N4O2/c1-16-9-5-3-2-4-8(9)6-12-10(15)7-13-14-11/h2-5H,6-7H2,1H3,(H,12,15). The number of rotatable bonds is 5. The van der Waals surface area contributed by atoms with Crippen molar-refractivity contribution in [2.75, 3.05) is 13.7 Å². The van der Waals surface area contributed by atoms with Gasteiger partial charge in [0.05, 0.1) is 7.11 Å². The Bertz CT molecular complexity index is 413. The first-order valence-electron chi connectivity index (χ1n) is 4.67. The first kappa shape index (κ1) is 11.9. The lowest BCUT2D eigenvalue weighted by atomic mass is 10.2. The Balaban J connectivity index is 2.53. The third-order valence-corrected chi connectivity index (χ3v) is 1.95. The van der Waals surface area contributed by atoms with E-state index in [1.165, 1.54) is 0 Å². The molecule has 0 spiro atoms. The molecule has 0 saturated carbocycles. The van der Waals surface area contributed by atoms with Gasteiger partial charge in [0.25, 0.3) is 0 Å². The van der Waals surface area contributed by atoms with Gasteiger partial charge in [-0.25, -0.2) is 0 Å². The molecule has 1 amide bonds. The van der Waals surface area contributed by atoms with Crippen molar-refractivity contribution >= 4 is 5.91 Å². The highest BCUT2D eigenvalue weighted by atomic mass is 16.5. The van der Waals surface area contributed by atoms with E-state index in [0.717, 1.165) is 5.56 Å². The van der Waals surface area contributed by atoms with Gasteiger partial charge in [-0.1, -0.05) is 23.3 Å². The van der Waals surface area contributed by atoms with E-state index in [1.807, 2.05) is 24.3 Å². The molecule has 0 aliphatic carbocycles. The van der Waals surface area contributed by atoms with Crippen molar-refractivity contribution in [3.8, 4) is 5.75 Å². The monoisotopic (exact) mass is 220 g/mol. The van der Waals surface area contributed by atoms with E-state index < -0.39 is 0 Å². The molecule has 6 heteroatoms. The second-order valence-corrected chi connectivity index (χ2v) is 2.98. The Morgan fingerprint density at radius 2 is 2.31 bits per heavy atom. The maximum absolute atomic E-state index is 11.2. The van der Waals surface area contributed by atoms with Gasteiger partial charge in [0.1, 0.15) is 12.3 Å². The summed E-state index contributed by atoms with van der Waals surface area (Å²) in [5.41, 5.74) is 8.92. The van der Waals surface area contributed by atoms with Gasteiger partial charge in [0.2, 0.25) is 5.91 Å². The lowest BCUT2D eigenvalue weighted by molar-refractivity contribution is -0.119. The number of nitrogens with one attached hydrogen (secondary N) is 1. The van der Waals surface area contributed by atoms with Crippen molar-refractivity contribution in [1.82, 2.24) is 5.32 Å². The predicted molar refractivity (Wildman–Crippen MR) is 58.9 cm³/mol. The Kier molecular flexibility index (Phi) is 4.69. The van der Waals surface area contributed by atoms with Crippen molar-refractivity contribution in [2.45, 2.75) is 6.54 Å². The van der Waals surface area contributed by atoms with Gasteiger partial charge >= 0.3 is 0 Å². The SMILES string of the molecule is COc1ccccc1CNC(=O)CN=[N+]=[N-]. The van der Waals surface area contributed by atoms with Crippen LogP contribution in [0.5, 0.6) is 5.75 Å². The molecule has 0 bridgehead atoms. The van der Waals surface area contributed by atoms with E-state index >= 15 is 0 Å². The van der Waals surface area contributed by atoms with Gasteiger partial charge in [-0.15, -0.1) is 0 Å². The van der Waals surface area contributed by atoms with Crippen LogP contribution in [0.3, 0.4) is 0 Å². The summed E-state index contributed by atoms with van der Waals surface area (Å²) in [7, 11) is 1.57. The van der Waals surface area contributed by atoms with Crippen LogP contribution in [0.1, 0.15) is 5.56 Å². The third-order valence-electron chi connectivity index (χ3n) is 1.95. The van der Waals surface area contributed by atoms with E-state index in [4.69, 9.17) is 10.3 Å². The van der Waals surface area contributed by atoms with E-state index in [-0.39, 0.29) is 12.5 Å². The van der Waals surface area contributed by atoms with E-state index in [9.17, 15) is 4.79 Å². The van der Waals surface area contributed by atoms with Crippen molar-refractivity contribution in [3.05, 3.63) is 40.3 Å². The lowest BCUT2D eigenvalue weighted by Gasteiger charge is -2.08. The van der Waals surface area contributed by atoms with Gasteiger partial charge < -0.3 is 10.1 Å². The number of methoxy groups -OCH3 is 1. The Labute approximate surface area is 92.8 Å². The van der Waals surface area contributed by atoms with Crippen LogP contribution in [0.15, 0.2) is 29.4 Å². The number of azide groups is 1. The Morgan fingerprint density at radius 3 is 3.00 bits per heavy atom. The van der Waals surface area contributed by atoms with Gasteiger partial charge in [-0.2, -0.15) is 0 Å². The molecule has 1 rings (SSSR count). The molecule has 0 heterocycles. The van der Waals surface area contributed by atoms with Crippen molar-refractivity contribution < 1.29 is 9.53 Å². The van der Waals surface area contributed by atoms with Crippen molar-refractivity contribution in [1.29, 1.82) is 0 Å². The molecule has 1 aromatic rings. The van der Waals surface area contributed by atoms with Crippen LogP contribution in [0.2, 0.25) is 0 Å². The molecule has 1 aromatic carbocycles.